The first-order valence-corrected chi connectivity index (χ1v) is 7.34. The summed E-state index contributed by atoms with van der Waals surface area (Å²) in [6, 6.07) is -0.0915. The first-order valence-electron chi connectivity index (χ1n) is 7.34. The van der Waals surface area contributed by atoms with E-state index in [2.05, 4.69) is 5.32 Å². The average Bonchev–Trinajstić information content (AvgIpc) is 2.92. The van der Waals surface area contributed by atoms with Crippen LogP contribution in [0.1, 0.15) is 45.4 Å². The number of rotatable bonds is 4. The van der Waals surface area contributed by atoms with Crippen molar-refractivity contribution in [1.82, 2.24) is 10.2 Å². The lowest BCUT2D eigenvalue weighted by molar-refractivity contribution is -0.156. The molecule has 2 heterocycles. The molecule has 0 aromatic carbocycles. The Morgan fingerprint density at radius 1 is 1.42 bits per heavy atom. The summed E-state index contributed by atoms with van der Waals surface area (Å²) in [5.41, 5.74) is -0.721. The summed E-state index contributed by atoms with van der Waals surface area (Å²) in [6.45, 7) is 3.98. The molecule has 0 radical (unpaired) electrons. The third-order valence-corrected chi connectivity index (χ3v) is 4.43. The van der Waals surface area contributed by atoms with E-state index >= 15 is 0 Å². The zero-order valence-corrected chi connectivity index (χ0v) is 11.7. The summed E-state index contributed by atoms with van der Waals surface area (Å²) >= 11 is 0. The van der Waals surface area contributed by atoms with Crippen LogP contribution in [-0.2, 0) is 9.59 Å². The Bertz CT molecular complexity index is 349. The van der Waals surface area contributed by atoms with E-state index in [4.69, 9.17) is 0 Å². The van der Waals surface area contributed by atoms with Gasteiger partial charge in [-0.1, -0.05) is 13.3 Å². The number of piperidine rings is 1. The molecule has 5 heteroatoms. The predicted octanol–water partition coefficient (Wildman–Crippen LogP) is 1.23. The zero-order valence-electron chi connectivity index (χ0n) is 11.7. The lowest BCUT2D eigenvalue weighted by Gasteiger charge is -2.40. The van der Waals surface area contributed by atoms with Crippen molar-refractivity contribution in [3.8, 4) is 0 Å². The topological polar surface area (TPSA) is 69.6 Å². The minimum atomic E-state index is -0.744. The third-order valence-electron chi connectivity index (χ3n) is 4.43. The van der Waals surface area contributed by atoms with Gasteiger partial charge in [-0.25, -0.2) is 0 Å². The Balaban J connectivity index is 2.06. The first kappa shape index (κ1) is 14.3. The molecule has 0 aromatic rings. The molecule has 2 fully saturated rings. The Labute approximate surface area is 114 Å². The molecule has 0 bridgehead atoms. The van der Waals surface area contributed by atoms with Gasteiger partial charge in [0, 0.05) is 13.1 Å². The van der Waals surface area contributed by atoms with Crippen molar-refractivity contribution in [2.45, 2.75) is 51.5 Å². The second-order valence-electron chi connectivity index (χ2n) is 5.85. The van der Waals surface area contributed by atoms with E-state index in [0.717, 1.165) is 32.2 Å². The normalized spacial score (nSPS) is 31.4. The fraction of sp³-hybridized carbons (Fsp3) is 0.857. The van der Waals surface area contributed by atoms with Crippen LogP contribution < -0.4 is 5.32 Å². The van der Waals surface area contributed by atoms with Gasteiger partial charge in [-0.2, -0.15) is 0 Å². The molecule has 108 valence electrons. The number of carboxylic acids is 1. The highest BCUT2D eigenvalue weighted by molar-refractivity contribution is 5.83. The van der Waals surface area contributed by atoms with E-state index in [1.54, 1.807) is 4.90 Å². The van der Waals surface area contributed by atoms with Crippen molar-refractivity contribution in [2.75, 3.05) is 19.6 Å². The van der Waals surface area contributed by atoms with Gasteiger partial charge in [0.05, 0.1) is 11.5 Å². The monoisotopic (exact) mass is 268 g/mol. The minimum Gasteiger partial charge on any atom is -0.481 e. The van der Waals surface area contributed by atoms with Crippen LogP contribution in [0.3, 0.4) is 0 Å². The zero-order chi connectivity index (χ0) is 13.9. The van der Waals surface area contributed by atoms with Crippen LogP contribution in [0.5, 0.6) is 0 Å². The van der Waals surface area contributed by atoms with E-state index in [1.165, 1.54) is 0 Å². The molecule has 2 atom stereocenters. The molecule has 19 heavy (non-hydrogen) atoms. The van der Waals surface area contributed by atoms with Crippen molar-refractivity contribution < 1.29 is 14.7 Å². The van der Waals surface area contributed by atoms with Crippen LogP contribution in [0.25, 0.3) is 0 Å². The molecular formula is C14H24N2O3. The van der Waals surface area contributed by atoms with Gasteiger partial charge in [0.1, 0.15) is 0 Å². The van der Waals surface area contributed by atoms with Crippen LogP contribution in [0, 0.1) is 5.41 Å². The first-order chi connectivity index (χ1) is 9.09. The van der Waals surface area contributed by atoms with E-state index in [9.17, 15) is 14.7 Å². The summed E-state index contributed by atoms with van der Waals surface area (Å²) in [4.78, 5) is 25.8. The number of likely N-dealkylation sites (tertiary alicyclic amines) is 1. The standard InChI is InChI=1S/C14H24N2O3/c1-2-6-14(13(18)19)7-4-9-16(10-14)12(17)11-5-3-8-15-11/h11,15H,2-10H2,1H3,(H,18,19)/t11-,14?/m0/s1. The second kappa shape index (κ2) is 5.90. The molecule has 0 spiro atoms. The Kier molecular flexibility index (Phi) is 4.45. The second-order valence-corrected chi connectivity index (χ2v) is 5.85. The van der Waals surface area contributed by atoms with Gasteiger partial charge in [-0.15, -0.1) is 0 Å². The lowest BCUT2D eigenvalue weighted by Crippen LogP contribution is -2.53. The molecule has 2 saturated heterocycles. The molecule has 0 aliphatic carbocycles. The van der Waals surface area contributed by atoms with Gasteiger partial charge in [0.25, 0.3) is 0 Å². The van der Waals surface area contributed by atoms with Crippen molar-refractivity contribution in [2.24, 2.45) is 5.41 Å². The third kappa shape index (κ3) is 2.91. The molecule has 5 nitrogen and oxygen atoms in total. The van der Waals surface area contributed by atoms with Gasteiger partial charge in [0.15, 0.2) is 0 Å². The van der Waals surface area contributed by atoms with Crippen LogP contribution >= 0.6 is 0 Å². The summed E-state index contributed by atoms with van der Waals surface area (Å²) in [6.07, 6.45) is 4.90. The van der Waals surface area contributed by atoms with Crippen LogP contribution in [0.4, 0.5) is 0 Å². The molecule has 2 N–H and O–H groups in total. The van der Waals surface area contributed by atoms with Crippen molar-refractivity contribution in [3.05, 3.63) is 0 Å². The van der Waals surface area contributed by atoms with Gasteiger partial charge >= 0.3 is 5.97 Å². The van der Waals surface area contributed by atoms with E-state index < -0.39 is 11.4 Å². The van der Waals surface area contributed by atoms with Gasteiger partial charge in [0.2, 0.25) is 5.91 Å². The van der Waals surface area contributed by atoms with E-state index in [-0.39, 0.29) is 11.9 Å². The molecule has 2 rings (SSSR count). The number of nitrogens with one attached hydrogen (secondary N) is 1. The smallest absolute Gasteiger partial charge is 0.311 e. The fourth-order valence-corrected chi connectivity index (χ4v) is 3.40. The number of aliphatic carboxylic acids is 1. The van der Waals surface area contributed by atoms with Gasteiger partial charge in [-0.3, -0.25) is 9.59 Å². The highest BCUT2D eigenvalue weighted by Gasteiger charge is 2.43. The predicted molar refractivity (Wildman–Crippen MR) is 71.8 cm³/mol. The number of carbonyl (C=O) groups excluding carboxylic acids is 1. The van der Waals surface area contributed by atoms with Crippen LogP contribution in [0.2, 0.25) is 0 Å². The summed E-state index contributed by atoms with van der Waals surface area (Å²) in [5.74, 6) is -0.648. The molecule has 0 aromatic heterocycles. The van der Waals surface area contributed by atoms with Crippen molar-refractivity contribution in [3.63, 3.8) is 0 Å². The van der Waals surface area contributed by atoms with Crippen LogP contribution in [0.15, 0.2) is 0 Å². The summed E-state index contributed by atoms with van der Waals surface area (Å²) in [5, 5.41) is 12.7. The highest BCUT2D eigenvalue weighted by Crippen LogP contribution is 2.35. The molecule has 1 unspecified atom stereocenters. The van der Waals surface area contributed by atoms with E-state index in [1.807, 2.05) is 6.92 Å². The van der Waals surface area contributed by atoms with Crippen molar-refractivity contribution >= 4 is 11.9 Å². The summed E-state index contributed by atoms with van der Waals surface area (Å²) in [7, 11) is 0. The Hall–Kier alpha value is -1.10. The number of nitrogens with zero attached hydrogens (tertiary/aromatic N) is 1. The Morgan fingerprint density at radius 2 is 2.21 bits per heavy atom. The summed E-state index contributed by atoms with van der Waals surface area (Å²) < 4.78 is 0. The van der Waals surface area contributed by atoms with Gasteiger partial charge in [-0.05, 0) is 38.6 Å². The lowest BCUT2D eigenvalue weighted by atomic mass is 9.76. The molecule has 1 amide bonds. The molecule has 2 aliphatic rings. The molecular weight excluding hydrogens is 244 g/mol. The largest absolute Gasteiger partial charge is 0.481 e. The quantitative estimate of drug-likeness (QED) is 0.804. The SMILES string of the molecule is CCCC1(C(=O)O)CCCN(C(=O)[C@@H]2CCCN2)C1. The van der Waals surface area contributed by atoms with E-state index in [0.29, 0.717) is 25.9 Å². The highest BCUT2D eigenvalue weighted by atomic mass is 16.4. The maximum Gasteiger partial charge on any atom is 0.311 e. The van der Waals surface area contributed by atoms with Crippen LogP contribution in [-0.4, -0.2) is 47.6 Å². The number of carbonyl (C=O) groups is 2. The number of hydrogen-bond acceptors (Lipinski definition) is 3. The maximum absolute atomic E-state index is 12.4. The number of carboxylic acid groups (broad SMARTS) is 1. The van der Waals surface area contributed by atoms with Gasteiger partial charge < -0.3 is 15.3 Å². The Morgan fingerprint density at radius 3 is 2.79 bits per heavy atom. The minimum absolute atomic E-state index is 0.0915. The number of amides is 1. The molecule has 0 saturated carbocycles. The fourth-order valence-electron chi connectivity index (χ4n) is 3.40. The number of hydrogen-bond donors (Lipinski definition) is 2. The average molecular weight is 268 g/mol. The maximum atomic E-state index is 12.4. The molecule has 2 aliphatic heterocycles. The van der Waals surface area contributed by atoms with Crippen molar-refractivity contribution in [1.29, 1.82) is 0 Å².